The average Bonchev–Trinajstić information content (AvgIpc) is 2.61. The van der Waals surface area contributed by atoms with Gasteiger partial charge in [0.05, 0.1) is 0 Å². The van der Waals surface area contributed by atoms with Crippen molar-refractivity contribution in [3.8, 4) is 0 Å². The molecule has 0 atom stereocenters. The van der Waals surface area contributed by atoms with Gasteiger partial charge in [0, 0.05) is 9.65 Å². The van der Waals surface area contributed by atoms with Crippen molar-refractivity contribution in [1.29, 1.82) is 0 Å². The van der Waals surface area contributed by atoms with E-state index in [0.29, 0.717) is 17.6 Å². The summed E-state index contributed by atoms with van der Waals surface area (Å²) in [5.74, 6) is 3.30. The first-order valence-electron chi connectivity index (χ1n) is 10.3. The van der Waals surface area contributed by atoms with E-state index in [2.05, 4.69) is 41.6 Å². The summed E-state index contributed by atoms with van der Waals surface area (Å²) in [6.45, 7) is 4.31. The highest BCUT2D eigenvalue weighted by Crippen LogP contribution is 2.44. The van der Waals surface area contributed by atoms with Crippen molar-refractivity contribution in [2.75, 3.05) is 0 Å². The second-order valence-corrected chi connectivity index (χ2v) is 9.90. The molecule has 0 bridgehead atoms. The predicted molar refractivity (Wildman–Crippen MR) is 115 cm³/mol. The molecule has 0 heterocycles. The Labute approximate surface area is 175 Å². The van der Waals surface area contributed by atoms with Crippen LogP contribution in [0.4, 0.5) is 13.2 Å². The lowest BCUT2D eigenvalue weighted by molar-refractivity contribution is -0.0790. The van der Waals surface area contributed by atoms with Crippen molar-refractivity contribution in [3.63, 3.8) is 0 Å². The molecule has 2 aliphatic rings. The number of alkyl halides is 3. The van der Waals surface area contributed by atoms with Crippen molar-refractivity contribution in [2.24, 2.45) is 17.8 Å². The largest absolute Gasteiger partial charge is 0.409 e. The Balaban J connectivity index is 1.63. The summed E-state index contributed by atoms with van der Waals surface area (Å²) < 4.78 is 38.4. The zero-order chi connectivity index (χ0) is 19.6. The molecule has 0 spiro atoms. The second-order valence-electron chi connectivity index (χ2n) is 8.74. The molecule has 2 fully saturated rings. The molecule has 0 unspecified atom stereocenters. The minimum atomic E-state index is -4.26. The van der Waals surface area contributed by atoms with Gasteiger partial charge in [-0.25, -0.2) is 0 Å². The third kappa shape index (κ3) is 5.74. The van der Waals surface area contributed by atoms with Crippen molar-refractivity contribution in [1.82, 2.24) is 0 Å². The van der Waals surface area contributed by atoms with E-state index < -0.39 is 6.18 Å². The van der Waals surface area contributed by atoms with Crippen molar-refractivity contribution in [2.45, 2.75) is 77.3 Å². The number of benzene rings is 1. The van der Waals surface area contributed by atoms with Crippen molar-refractivity contribution in [3.05, 3.63) is 38.5 Å². The summed E-state index contributed by atoms with van der Waals surface area (Å²) in [7, 11) is 0. The topological polar surface area (TPSA) is 0 Å². The van der Waals surface area contributed by atoms with Gasteiger partial charge in [0.15, 0.2) is 0 Å². The second kappa shape index (κ2) is 8.87. The number of rotatable bonds is 3. The molecule has 27 heavy (non-hydrogen) atoms. The molecule has 0 N–H and O–H groups in total. The molecule has 1 aromatic carbocycles. The maximum Gasteiger partial charge on any atom is 0.409 e. The first-order valence-corrected chi connectivity index (χ1v) is 11.4. The van der Waals surface area contributed by atoms with Gasteiger partial charge in [0.1, 0.15) is 0 Å². The SMILES string of the molecule is Cc1cc(C2CCC(C3CCC(C)CC3)CC2)cc(I)c1/C=C/C(F)(F)F. The standard InChI is InChI=1S/C23H30F3I/c1-15-3-5-17(6-4-15)18-7-9-19(10-8-18)20-13-16(2)21(22(27)14-20)11-12-23(24,25)26/h11-15,17-19H,3-10H2,1-2H3/b12-11+. The van der Waals surface area contributed by atoms with Crippen LogP contribution < -0.4 is 0 Å². The van der Waals surface area contributed by atoms with Crippen LogP contribution in [0, 0.1) is 28.2 Å². The highest BCUT2D eigenvalue weighted by atomic mass is 127. The van der Waals surface area contributed by atoms with Crippen molar-refractivity contribution >= 4 is 28.7 Å². The Bertz CT molecular complexity index is 638. The Morgan fingerprint density at radius 3 is 2.00 bits per heavy atom. The number of allylic oxidation sites excluding steroid dienone is 1. The van der Waals surface area contributed by atoms with E-state index in [-0.39, 0.29) is 0 Å². The van der Waals surface area contributed by atoms with E-state index >= 15 is 0 Å². The third-order valence-corrected chi connectivity index (χ3v) is 7.66. The molecule has 0 amide bonds. The molecule has 2 saturated carbocycles. The van der Waals surface area contributed by atoms with Gasteiger partial charge >= 0.3 is 6.18 Å². The number of hydrogen-bond acceptors (Lipinski definition) is 0. The van der Waals surface area contributed by atoms with E-state index in [4.69, 9.17) is 0 Å². The van der Waals surface area contributed by atoms with Crippen LogP contribution in [0.1, 0.15) is 80.9 Å². The minimum absolute atomic E-state index is 0.341. The van der Waals surface area contributed by atoms with Gasteiger partial charge in [0.25, 0.3) is 0 Å². The molecule has 3 rings (SSSR count). The minimum Gasteiger partial charge on any atom is -0.167 e. The fraction of sp³-hybridized carbons (Fsp3) is 0.652. The first-order chi connectivity index (χ1) is 12.7. The molecule has 0 aliphatic heterocycles. The van der Waals surface area contributed by atoms with E-state index in [9.17, 15) is 13.2 Å². The highest BCUT2D eigenvalue weighted by Gasteiger charge is 2.30. The fourth-order valence-electron chi connectivity index (χ4n) is 5.09. The number of hydrogen-bond donors (Lipinski definition) is 0. The monoisotopic (exact) mass is 490 g/mol. The molecule has 2 aliphatic carbocycles. The van der Waals surface area contributed by atoms with Crippen LogP contribution in [0.25, 0.3) is 6.08 Å². The lowest BCUT2D eigenvalue weighted by Gasteiger charge is -2.37. The van der Waals surface area contributed by atoms with Crippen LogP contribution in [0.5, 0.6) is 0 Å². The lowest BCUT2D eigenvalue weighted by Crippen LogP contribution is -2.24. The van der Waals surface area contributed by atoms with Gasteiger partial charge in [-0.2, -0.15) is 13.2 Å². The number of aryl methyl sites for hydroxylation is 1. The van der Waals surface area contributed by atoms with Crippen LogP contribution in [0.3, 0.4) is 0 Å². The molecule has 0 radical (unpaired) electrons. The molecule has 0 saturated heterocycles. The van der Waals surface area contributed by atoms with Crippen LogP contribution in [0.2, 0.25) is 0 Å². The normalized spacial score (nSPS) is 30.0. The summed E-state index contributed by atoms with van der Waals surface area (Å²) in [6.07, 6.45) is 7.99. The molecule has 1 aromatic rings. The average molecular weight is 490 g/mol. The Hall–Kier alpha value is -0.520. The zero-order valence-electron chi connectivity index (χ0n) is 16.3. The van der Waals surface area contributed by atoms with Crippen molar-refractivity contribution < 1.29 is 13.2 Å². The van der Waals surface area contributed by atoms with E-state index in [1.807, 2.05) is 6.92 Å². The molecule has 0 nitrogen and oxygen atoms in total. The Kier molecular flexibility index (Phi) is 6.97. The highest BCUT2D eigenvalue weighted by molar-refractivity contribution is 14.1. The smallest absolute Gasteiger partial charge is 0.167 e. The molecular formula is C23H30F3I. The van der Waals surface area contributed by atoms with E-state index in [1.54, 1.807) is 0 Å². The van der Waals surface area contributed by atoms with Gasteiger partial charge in [0.2, 0.25) is 0 Å². The molecule has 4 heteroatoms. The van der Waals surface area contributed by atoms with E-state index in [0.717, 1.165) is 26.9 Å². The molecule has 150 valence electrons. The fourth-order valence-corrected chi connectivity index (χ4v) is 6.05. The third-order valence-electron chi connectivity index (χ3n) is 6.77. The van der Waals surface area contributed by atoms with Gasteiger partial charge in [-0.3, -0.25) is 0 Å². The Morgan fingerprint density at radius 2 is 1.48 bits per heavy atom. The maximum atomic E-state index is 12.5. The van der Waals surface area contributed by atoms with Gasteiger partial charge < -0.3 is 0 Å². The molecule has 0 aromatic heterocycles. The summed E-state index contributed by atoms with van der Waals surface area (Å²) in [4.78, 5) is 0. The summed E-state index contributed by atoms with van der Waals surface area (Å²) in [5.41, 5.74) is 2.96. The quantitative estimate of drug-likeness (QED) is 0.374. The number of halogens is 4. The van der Waals surface area contributed by atoms with Crippen LogP contribution in [-0.4, -0.2) is 6.18 Å². The summed E-state index contributed by atoms with van der Waals surface area (Å²) in [6, 6.07) is 4.22. The first kappa shape index (κ1) is 21.2. The van der Waals surface area contributed by atoms with Gasteiger partial charge in [-0.15, -0.1) is 0 Å². The van der Waals surface area contributed by atoms with Gasteiger partial charge in [-0.05, 0) is 121 Å². The predicted octanol–water partition coefficient (Wildman–Crippen LogP) is 8.28. The molecular weight excluding hydrogens is 460 g/mol. The maximum absolute atomic E-state index is 12.5. The van der Waals surface area contributed by atoms with Crippen LogP contribution in [0.15, 0.2) is 18.2 Å². The van der Waals surface area contributed by atoms with E-state index in [1.165, 1.54) is 63.0 Å². The van der Waals surface area contributed by atoms with Crippen LogP contribution >= 0.6 is 22.6 Å². The summed E-state index contributed by atoms with van der Waals surface area (Å²) >= 11 is 2.18. The Morgan fingerprint density at radius 1 is 0.926 bits per heavy atom. The lowest BCUT2D eigenvalue weighted by atomic mass is 9.68. The zero-order valence-corrected chi connectivity index (χ0v) is 18.4. The van der Waals surface area contributed by atoms with Crippen LogP contribution in [-0.2, 0) is 0 Å². The van der Waals surface area contributed by atoms with Gasteiger partial charge in [-0.1, -0.05) is 25.8 Å². The summed E-state index contributed by atoms with van der Waals surface area (Å²) in [5, 5.41) is 0.